The van der Waals surface area contributed by atoms with Crippen molar-refractivity contribution >= 4 is 28.5 Å². The topological polar surface area (TPSA) is 57.0 Å². The van der Waals surface area contributed by atoms with Crippen LogP contribution in [-0.2, 0) is 0 Å². The summed E-state index contributed by atoms with van der Waals surface area (Å²) in [6.07, 6.45) is -0.684. The standard InChI is InChI=1S/C15H12ClN3O2/c1-10(21-12-8-6-11(16)7-9-12)15(20)19-14-5-3-2-4-13(14)17-18-19/h2-10H,1H3/t10-/m0/s1. The van der Waals surface area contributed by atoms with Gasteiger partial charge in [0.2, 0.25) is 0 Å². The van der Waals surface area contributed by atoms with E-state index in [4.69, 9.17) is 16.3 Å². The molecule has 0 saturated heterocycles. The summed E-state index contributed by atoms with van der Waals surface area (Å²) in [5.74, 6) is 0.295. The molecule has 0 saturated carbocycles. The van der Waals surface area contributed by atoms with Crippen LogP contribution in [0.4, 0.5) is 0 Å². The minimum atomic E-state index is -0.684. The predicted octanol–water partition coefficient (Wildman–Crippen LogP) is 3.19. The SMILES string of the molecule is C[C@H](Oc1ccc(Cl)cc1)C(=O)n1nnc2ccccc21. The van der Waals surface area contributed by atoms with Crippen LogP contribution in [0.1, 0.15) is 11.7 Å². The van der Waals surface area contributed by atoms with Crippen LogP contribution >= 0.6 is 11.6 Å². The second-order valence-electron chi connectivity index (χ2n) is 4.54. The van der Waals surface area contributed by atoms with Crippen molar-refractivity contribution in [2.75, 3.05) is 0 Å². The molecule has 1 atom stereocenters. The van der Waals surface area contributed by atoms with Crippen LogP contribution in [0.2, 0.25) is 5.02 Å². The summed E-state index contributed by atoms with van der Waals surface area (Å²) in [4.78, 5) is 12.4. The first-order valence-electron chi connectivity index (χ1n) is 6.42. The highest BCUT2D eigenvalue weighted by Gasteiger charge is 2.20. The largest absolute Gasteiger partial charge is 0.481 e. The lowest BCUT2D eigenvalue weighted by Gasteiger charge is -2.13. The molecule has 0 unspecified atom stereocenters. The summed E-state index contributed by atoms with van der Waals surface area (Å²) in [5, 5.41) is 8.46. The number of halogens is 1. The summed E-state index contributed by atoms with van der Waals surface area (Å²) in [5.41, 5.74) is 1.33. The molecular weight excluding hydrogens is 290 g/mol. The number of carbonyl (C=O) groups excluding carboxylic acids is 1. The van der Waals surface area contributed by atoms with Gasteiger partial charge < -0.3 is 4.74 Å². The maximum Gasteiger partial charge on any atom is 0.289 e. The second-order valence-corrected chi connectivity index (χ2v) is 4.98. The average Bonchev–Trinajstić information content (AvgIpc) is 2.92. The third-order valence-electron chi connectivity index (χ3n) is 3.03. The zero-order valence-corrected chi connectivity index (χ0v) is 12.0. The van der Waals surface area contributed by atoms with Gasteiger partial charge in [-0.2, -0.15) is 4.68 Å². The van der Waals surface area contributed by atoms with Crippen molar-refractivity contribution in [1.29, 1.82) is 0 Å². The molecule has 2 aromatic carbocycles. The Morgan fingerprint density at radius 3 is 2.67 bits per heavy atom. The summed E-state index contributed by atoms with van der Waals surface area (Å²) in [7, 11) is 0. The molecule has 6 heteroatoms. The van der Waals surface area contributed by atoms with E-state index in [0.29, 0.717) is 21.8 Å². The first kappa shape index (κ1) is 13.6. The van der Waals surface area contributed by atoms with Crippen LogP contribution in [-0.4, -0.2) is 27.0 Å². The summed E-state index contributed by atoms with van der Waals surface area (Å²) < 4.78 is 6.87. The summed E-state index contributed by atoms with van der Waals surface area (Å²) >= 11 is 5.81. The zero-order valence-electron chi connectivity index (χ0n) is 11.2. The minimum Gasteiger partial charge on any atom is -0.481 e. The lowest BCUT2D eigenvalue weighted by atomic mass is 10.3. The van der Waals surface area contributed by atoms with Crippen molar-refractivity contribution in [2.45, 2.75) is 13.0 Å². The van der Waals surface area contributed by atoms with E-state index in [9.17, 15) is 4.79 Å². The lowest BCUT2D eigenvalue weighted by Crippen LogP contribution is -2.30. The normalized spacial score (nSPS) is 12.3. The number of hydrogen-bond donors (Lipinski definition) is 0. The number of ether oxygens (including phenoxy) is 1. The Hall–Kier alpha value is -2.40. The Morgan fingerprint density at radius 1 is 1.19 bits per heavy atom. The fourth-order valence-corrected chi connectivity index (χ4v) is 2.10. The zero-order chi connectivity index (χ0) is 14.8. The molecule has 1 aromatic heterocycles. The fraction of sp³-hybridized carbons (Fsp3) is 0.133. The van der Waals surface area contributed by atoms with Gasteiger partial charge in [-0.05, 0) is 43.3 Å². The molecule has 0 amide bonds. The number of nitrogens with zero attached hydrogens (tertiary/aromatic N) is 3. The van der Waals surface area contributed by atoms with Gasteiger partial charge in [0.1, 0.15) is 11.3 Å². The third kappa shape index (κ3) is 2.73. The van der Waals surface area contributed by atoms with Gasteiger partial charge in [0.25, 0.3) is 5.91 Å². The highest BCUT2D eigenvalue weighted by molar-refractivity contribution is 6.30. The molecule has 0 spiro atoms. The van der Waals surface area contributed by atoms with E-state index in [0.717, 1.165) is 0 Å². The fourth-order valence-electron chi connectivity index (χ4n) is 1.97. The van der Waals surface area contributed by atoms with E-state index in [2.05, 4.69) is 10.3 Å². The molecule has 1 heterocycles. The van der Waals surface area contributed by atoms with Gasteiger partial charge in [0, 0.05) is 5.02 Å². The van der Waals surface area contributed by atoms with Gasteiger partial charge in [-0.1, -0.05) is 28.9 Å². The molecule has 21 heavy (non-hydrogen) atoms. The number of carbonyl (C=O) groups is 1. The van der Waals surface area contributed by atoms with Gasteiger partial charge >= 0.3 is 0 Å². The van der Waals surface area contributed by atoms with Crippen molar-refractivity contribution in [3.63, 3.8) is 0 Å². The number of hydrogen-bond acceptors (Lipinski definition) is 4. The minimum absolute atomic E-state index is 0.279. The van der Waals surface area contributed by atoms with Crippen molar-refractivity contribution in [3.05, 3.63) is 53.6 Å². The molecule has 0 N–H and O–H groups in total. The first-order chi connectivity index (χ1) is 10.1. The van der Waals surface area contributed by atoms with E-state index in [-0.39, 0.29) is 5.91 Å². The van der Waals surface area contributed by atoms with Crippen molar-refractivity contribution < 1.29 is 9.53 Å². The summed E-state index contributed by atoms with van der Waals surface area (Å²) in [6.45, 7) is 1.67. The maximum atomic E-state index is 12.4. The quantitative estimate of drug-likeness (QED) is 0.745. The van der Waals surface area contributed by atoms with Crippen molar-refractivity contribution in [1.82, 2.24) is 15.0 Å². The van der Waals surface area contributed by atoms with Gasteiger partial charge in [-0.15, -0.1) is 5.10 Å². The van der Waals surface area contributed by atoms with Crippen LogP contribution in [0.5, 0.6) is 5.75 Å². The molecule has 0 aliphatic carbocycles. The molecule has 5 nitrogen and oxygen atoms in total. The Morgan fingerprint density at radius 2 is 1.90 bits per heavy atom. The van der Waals surface area contributed by atoms with Gasteiger partial charge in [-0.3, -0.25) is 4.79 Å². The van der Waals surface area contributed by atoms with E-state index >= 15 is 0 Å². The van der Waals surface area contributed by atoms with Gasteiger partial charge in [0.15, 0.2) is 6.10 Å². The number of fused-ring (bicyclic) bond motifs is 1. The van der Waals surface area contributed by atoms with Gasteiger partial charge in [0.05, 0.1) is 5.52 Å². The van der Waals surface area contributed by atoms with E-state index in [1.165, 1.54) is 4.68 Å². The van der Waals surface area contributed by atoms with E-state index < -0.39 is 6.10 Å². The van der Waals surface area contributed by atoms with E-state index in [1.54, 1.807) is 43.3 Å². The number of benzene rings is 2. The second kappa shape index (κ2) is 5.54. The number of aromatic nitrogens is 3. The van der Waals surface area contributed by atoms with Crippen LogP contribution in [0.25, 0.3) is 11.0 Å². The van der Waals surface area contributed by atoms with Crippen LogP contribution in [0.15, 0.2) is 48.5 Å². The first-order valence-corrected chi connectivity index (χ1v) is 6.80. The monoisotopic (exact) mass is 301 g/mol. The summed E-state index contributed by atoms with van der Waals surface area (Å²) in [6, 6.07) is 14.1. The molecule has 3 aromatic rings. The highest BCUT2D eigenvalue weighted by Crippen LogP contribution is 2.18. The Kier molecular flexibility index (Phi) is 3.58. The molecular formula is C15H12ClN3O2. The molecule has 3 rings (SSSR count). The maximum absolute atomic E-state index is 12.4. The molecule has 0 bridgehead atoms. The van der Waals surface area contributed by atoms with Crippen LogP contribution in [0.3, 0.4) is 0 Å². The van der Waals surface area contributed by atoms with Crippen LogP contribution in [0, 0.1) is 0 Å². The number of para-hydroxylation sites is 1. The van der Waals surface area contributed by atoms with Crippen molar-refractivity contribution in [2.24, 2.45) is 0 Å². The van der Waals surface area contributed by atoms with Gasteiger partial charge in [-0.25, -0.2) is 0 Å². The number of rotatable bonds is 3. The third-order valence-corrected chi connectivity index (χ3v) is 3.29. The Bertz CT molecular complexity index is 783. The lowest BCUT2D eigenvalue weighted by molar-refractivity contribution is 0.0714. The Balaban J connectivity index is 1.82. The molecule has 0 fully saturated rings. The predicted molar refractivity (Wildman–Crippen MR) is 79.7 cm³/mol. The molecule has 0 aliphatic heterocycles. The highest BCUT2D eigenvalue weighted by atomic mass is 35.5. The van der Waals surface area contributed by atoms with Crippen LogP contribution < -0.4 is 4.74 Å². The molecule has 0 aliphatic rings. The smallest absolute Gasteiger partial charge is 0.289 e. The Labute approximate surface area is 126 Å². The molecule has 106 valence electrons. The average molecular weight is 302 g/mol. The molecule has 0 radical (unpaired) electrons. The van der Waals surface area contributed by atoms with Crippen molar-refractivity contribution in [3.8, 4) is 5.75 Å². The van der Waals surface area contributed by atoms with E-state index in [1.807, 2.05) is 12.1 Å².